The van der Waals surface area contributed by atoms with Gasteiger partial charge < -0.3 is 32.5 Å². The van der Waals surface area contributed by atoms with Crippen molar-refractivity contribution >= 4 is 29.6 Å². The Hall–Kier alpha value is -2.69. The van der Waals surface area contributed by atoms with Crippen LogP contribution in [0.2, 0.25) is 0 Å². The summed E-state index contributed by atoms with van der Waals surface area (Å²) < 4.78 is 0. The number of carbonyl (C=O) groups is 5. The fourth-order valence-corrected chi connectivity index (χ4v) is 2.65. The highest BCUT2D eigenvalue weighted by molar-refractivity contribution is 5.95. The number of carboxylic acid groups (broad SMARTS) is 1. The van der Waals surface area contributed by atoms with Gasteiger partial charge in [-0.1, -0.05) is 13.8 Å². The van der Waals surface area contributed by atoms with E-state index in [0.29, 0.717) is 25.8 Å². The van der Waals surface area contributed by atoms with Gasteiger partial charge in [0.25, 0.3) is 0 Å². The summed E-state index contributed by atoms with van der Waals surface area (Å²) in [6.07, 6.45) is 1.04. The van der Waals surface area contributed by atoms with Gasteiger partial charge in [0.1, 0.15) is 18.1 Å². The molecule has 0 rings (SSSR count). The van der Waals surface area contributed by atoms with E-state index in [1.807, 2.05) is 13.8 Å². The standard InChI is InChI=1S/C18H33N5O6/c1-10(2)8-13(16(20)27)23-17(28)12(6-4-5-7-19)22-18(29)14(9-15(25)26)21-11(3)24/h10,12-14H,4-9,19H2,1-3H3,(H2,20,27)(H,21,24)(H,22,29)(H,23,28)(H,25,26)/t12-,13-,14-/m0/s1. The van der Waals surface area contributed by atoms with Crippen LogP contribution in [0.3, 0.4) is 0 Å². The predicted molar refractivity (Wildman–Crippen MR) is 105 cm³/mol. The highest BCUT2D eigenvalue weighted by Gasteiger charge is 2.29. The highest BCUT2D eigenvalue weighted by Crippen LogP contribution is 2.07. The molecular formula is C18H33N5O6. The molecule has 166 valence electrons. The van der Waals surface area contributed by atoms with Crippen molar-refractivity contribution < 1.29 is 29.1 Å². The highest BCUT2D eigenvalue weighted by atomic mass is 16.4. The normalized spacial score (nSPS) is 13.8. The van der Waals surface area contributed by atoms with E-state index in [1.165, 1.54) is 0 Å². The summed E-state index contributed by atoms with van der Waals surface area (Å²) in [6.45, 7) is 5.28. The molecule has 0 unspecified atom stereocenters. The molecule has 0 aliphatic carbocycles. The molecule has 0 radical (unpaired) electrons. The first-order valence-corrected chi connectivity index (χ1v) is 9.56. The average molecular weight is 415 g/mol. The topological polar surface area (TPSA) is 194 Å². The van der Waals surface area contributed by atoms with Gasteiger partial charge in [-0.3, -0.25) is 24.0 Å². The van der Waals surface area contributed by atoms with Crippen LogP contribution in [-0.2, 0) is 24.0 Å². The first kappa shape index (κ1) is 26.3. The van der Waals surface area contributed by atoms with Crippen molar-refractivity contribution in [1.29, 1.82) is 0 Å². The summed E-state index contributed by atoms with van der Waals surface area (Å²) in [5, 5.41) is 16.2. The van der Waals surface area contributed by atoms with Crippen molar-refractivity contribution in [2.75, 3.05) is 6.54 Å². The van der Waals surface area contributed by atoms with E-state index in [9.17, 15) is 24.0 Å². The maximum atomic E-state index is 12.7. The average Bonchev–Trinajstić information content (AvgIpc) is 2.58. The number of nitrogens with one attached hydrogen (secondary N) is 3. The molecule has 29 heavy (non-hydrogen) atoms. The Kier molecular flexibility index (Phi) is 12.2. The summed E-state index contributed by atoms with van der Waals surface area (Å²) in [5.74, 6) is -3.89. The Balaban J connectivity index is 5.32. The molecule has 0 saturated heterocycles. The Labute approximate surface area is 170 Å². The predicted octanol–water partition coefficient (Wildman–Crippen LogP) is -1.40. The van der Waals surface area contributed by atoms with E-state index < -0.39 is 54.1 Å². The minimum Gasteiger partial charge on any atom is -0.481 e. The Morgan fingerprint density at radius 1 is 0.897 bits per heavy atom. The number of nitrogens with two attached hydrogens (primary N) is 2. The van der Waals surface area contributed by atoms with Gasteiger partial charge in [-0.15, -0.1) is 0 Å². The zero-order valence-electron chi connectivity index (χ0n) is 17.2. The molecule has 0 spiro atoms. The van der Waals surface area contributed by atoms with Crippen LogP contribution in [0.25, 0.3) is 0 Å². The number of amides is 4. The molecule has 0 aromatic rings. The number of unbranched alkanes of at least 4 members (excludes halogenated alkanes) is 1. The van der Waals surface area contributed by atoms with Gasteiger partial charge in [-0.05, 0) is 38.1 Å². The van der Waals surface area contributed by atoms with Crippen LogP contribution >= 0.6 is 0 Å². The summed E-state index contributed by atoms with van der Waals surface area (Å²) in [7, 11) is 0. The number of hydrogen-bond donors (Lipinski definition) is 6. The molecule has 0 fully saturated rings. The first-order chi connectivity index (χ1) is 13.5. The lowest BCUT2D eigenvalue weighted by atomic mass is 10.0. The third-order valence-corrected chi connectivity index (χ3v) is 4.02. The van der Waals surface area contributed by atoms with Crippen molar-refractivity contribution in [1.82, 2.24) is 16.0 Å². The first-order valence-electron chi connectivity index (χ1n) is 9.56. The van der Waals surface area contributed by atoms with Crippen LogP contribution in [0.4, 0.5) is 0 Å². The van der Waals surface area contributed by atoms with E-state index in [0.717, 1.165) is 6.92 Å². The zero-order valence-corrected chi connectivity index (χ0v) is 17.2. The molecule has 3 atom stereocenters. The number of rotatable bonds is 14. The molecule has 11 nitrogen and oxygen atoms in total. The Morgan fingerprint density at radius 2 is 1.45 bits per heavy atom. The largest absolute Gasteiger partial charge is 0.481 e. The van der Waals surface area contributed by atoms with Crippen LogP contribution in [0.15, 0.2) is 0 Å². The molecule has 0 aliphatic rings. The number of primary amides is 1. The lowest BCUT2D eigenvalue weighted by Gasteiger charge is -2.24. The van der Waals surface area contributed by atoms with Gasteiger partial charge in [0.15, 0.2) is 0 Å². The summed E-state index contributed by atoms with van der Waals surface area (Å²) >= 11 is 0. The van der Waals surface area contributed by atoms with E-state index in [4.69, 9.17) is 16.6 Å². The van der Waals surface area contributed by atoms with Crippen LogP contribution in [0.5, 0.6) is 0 Å². The lowest BCUT2D eigenvalue weighted by molar-refractivity contribution is -0.141. The van der Waals surface area contributed by atoms with E-state index in [1.54, 1.807) is 0 Å². The molecule has 0 aliphatic heterocycles. The third kappa shape index (κ3) is 11.7. The number of aliphatic carboxylic acids is 1. The molecule has 0 saturated carbocycles. The van der Waals surface area contributed by atoms with Crippen molar-refractivity contribution in [2.45, 2.75) is 71.0 Å². The van der Waals surface area contributed by atoms with Gasteiger partial charge >= 0.3 is 5.97 Å². The van der Waals surface area contributed by atoms with Gasteiger partial charge in [-0.25, -0.2) is 0 Å². The van der Waals surface area contributed by atoms with Gasteiger partial charge in [-0.2, -0.15) is 0 Å². The fourth-order valence-electron chi connectivity index (χ4n) is 2.65. The van der Waals surface area contributed by atoms with Crippen LogP contribution in [0, 0.1) is 5.92 Å². The molecule has 11 heteroatoms. The Morgan fingerprint density at radius 3 is 1.90 bits per heavy atom. The minimum atomic E-state index is -1.34. The smallest absolute Gasteiger partial charge is 0.305 e. The SMILES string of the molecule is CC(=O)N[C@@H](CC(=O)O)C(=O)N[C@@H](CCCCN)C(=O)N[C@@H](CC(C)C)C(N)=O. The molecule has 0 heterocycles. The van der Waals surface area contributed by atoms with E-state index in [2.05, 4.69) is 16.0 Å². The maximum Gasteiger partial charge on any atom is 0.305 e. The number of carbonyl (C=O) groups excluding carboxylic acids is 4. The molecule has 0 aromatic carbocycles. The second kappa shape index (κ2) is 13.5. The molecule has 0 bridgehead atoms. The molecule has 8 N–H and O–H groups in total. The van der Waals surface area contributed by atoms with Crippen LogP contribution < -0.4 is 27.4 Å². The van der Waals surface area contributed by atoms with Crippen molar-refractivity contribution in [3.05, 3.63) is 0 Å². The van der Waals surface area contributed by atoms with Crippen LogP contribution in [-0.4, -0.2) is 59.4 Å². The third-order valence-electron chi connectivity index (χ3n) is 4.02. The van der Waals surface area contributed by atoms with Gasteiger partial charge in [0.2, 0.25) is 23.6 Å². The molecule has 0 aromatic heterocycles. The molecule has 4 amide bonds. The monoisotopic (exact) mass is 415 g/mol. The minimum absolute atomic E-state index is 0.0952. The summed E-state index contributed by atoms with van der Waals surface area (Å²) in [4.78, 5) is 59.0. The van der Waals surface area contributed by atoms with E-state index >= 15 is 0 Å². The Bertz CT molecular complexity index is 579. The quantitative estimate of drug-likeness (QED) is 0.188. The summed E-state index contributed by atoms with van der Waals surface area (Å²) in [5.41, 5.74) is 10.8. The summed E-state index contributed by atoms with van der Waals surface area (Å²) in [6, 6.07) is -3.27. The van der Waals surface area contributed by atoms with Crippen LogP contribution in [0.1, 0.15) is 52.9 Å². The zero-order chi connectivity index (χ0) is 22.6. The van der Waals surface area contributed by atoms with Gasteiger partial charge in [0.05, 0.1) is 6.42 Å². The van der Waals surface area contributed by atoms with Crippen molar-refractivity contribution in [3.8, 4) is 0 Å². The number of carboxylic acids is 1. The molecular weight excluding hydrogens is 382 g/mol. The van der Waals surface area contributed by atoms with Gasteiger partial charge in [0, 0.05) is 6.92 Å². The van der Waals surface area contributed by atoms with E-state index in [-0.39, 0.29) is 12.3 Å². The number of hydrogen-bond acceptors (Lipinski definition) is 6. The second-order valence-corrected chi connectivity index (χ2v) is 7.29. The fraction of sp³-hybridized carbons (Fsp3) is 0.722. The second-order valence-electron chi connectivity index (χ2n) is 7.29. The van der Waals surface area contributed by atoms with Crippen molar-refractivity contribution in [2.24, 2.45) is 17.4 Å². The lowest BCUT2D eigenvalue weighted by Crippen LogP contribution is -2.56. The van der Waals surface area contributed by atoms with Crippen molar-refractivity contribution in [3.63, 3.8) is 0 Å². The maximum absolute atomic E-state index is 12.7.